The molecule has 3 heterocycles. The number of pyridine rings is 2. The fraction of sp³-hybridized carbons (Fsp3) is 0.276. The van der Waals surface area contributed by atoms with E-state index in [1.165, 1.54) is 24.8 Å². The molecule has 0 spiro atoms. The molecular formula is C29H30N4O. The Hall–Kier alpha value is -3.57. The number of piperidine rings is 1. The Morgan fingerprint density at radius 2 is 1.68 bits per heavy atom. The first kappa shape index (κ1) is 22.2. The molecule has 1 saturated heterocycles. The van der Waals surface area contributed by atoms with Gasteiger partial charge < -0.3 is 10.2 Å². The third kappa shape index (κ3) is 5.32. The lowest BCUT2D eigenvalue weighted by atomic mass is 9.90. The lowest BCUT2D eigenvalue weighted by Gasteiger charge is -2.32. The SMILES string of the molecule is O=C(NCCN1CCC(Cc2ccccc2)CC1)c1cc(-c2ccncc2)nc2ccccc12. The summed E-state index contributed by atoms with van der Waals surface area (Å²) in [7, 11) is 0. The topological polar surface area (TPSA) is 58.1 Å². The van der Waals surface area contributed by atoms with E-state index in [0.717, 1.165) is 47.7 Å². The number of fused-ring (bicyclic) bond motifs is 1. The third-order valence-electron chi connectivity index (χ3n) is 6.72. The molecule has 1 aliphatic heterocycles. The van der Waals surface area contributed by atoms with Crippen LogP contribution in [0.3, 0.4) is 0 Å². The van der Waals surface area contributed by atoms with E-state index < -0.39 is 0 Å². The van der Waals surface area contributed by atoms with E-state index in [-0.39, 0.29) is 5.91 Å². The Morgan fingerprint density at radius 3 is 2.47 bits per heavy atom. The van der Waals surface area contributed by atoms with Gasteiger partial charge >= 0.3 is 0 Å². The molecule has 0 aliphatic carbocycles. The summed E-state index contributed by atoms with van der Waals surface area (Å²) >= 11 is 0. The smallest absolute Gasteiger partial charge is 0.252 e. The minimum atomic E-state index is -0.0483. The van der Waals surface area contributed by atoms with Gasteiger partial charge in [-0.3, -0.25) is 9.78 Å². The van der Waals surface area contributed by atoms with Crippen molar-refractivity contribution in [2.45, 2.75) is 19.3 Å². The Kier molecular flexibility index (Phi) is 6.91. The molecule has 5 heteroatoms. The molecule has 4 aromatic rings. The highest BCUT2D eigenvalue weighted by Gasteiger charge is 2.20. The molecular weight excluding hydrogens is 420 g/mol. The van der Waals surface area contributed by atoms with Gasteiger partial charge in [0.25, 0.3) is 5.91 Å². The van der Waals surface area contributed by atoms with Crippen molar-refractivity contribution in [3.8, 4) is 11.3 Å². The highest BCUT2D eigenvalue weighted by atomic mass is 16.1. The summed E-state index contributed by atoms with van der Waals surface area (Å²) in [4.78, 5) is 24.5. The maximum atomic E-state index is 13.2. The molecule has 0 radical (unpaired) electrons. The number of nitrogens with one attached hydrogen (secondary N) is 1. The van der Waals surface area contributed by atoms with Crippen LogP contribution in [0.25, 0.3) is 22.2 Å². The maximum absolute atomic E-state index is 13.2. The van der Waals surface area contributed by atoms with Gasteiger partial charge in [-0.1, -0.05) is 48.5 Å². The van der Waals surface area contributed by atoms with Crippen molar-refractivity contribution >= 4 is 16.8 Å². The van der Waals surface area contributed by atoms with Gasteiger partial charge in [0.1, 0.15) is 0 Å². The van der Waals surface area contributed by atoms with E-state index in [1.807, 2.05) is 42.5 Å². The average molecular weight is 451 g/mol. The lowest BCUT2D eigenvalue weighted by Crippen LogP contribution is -2.40. The number of hydrogen-bond donors (Lipinski definition) is 1. The zero-order valence-corrected chi connectivity index (χ0v) is 19.4. The fourth-order valence-corrected chi connectivity index (χ4v) is 4.82. The predicted octanol–water partition coefficient (Wildman–Crippen LogP) is 4.98. The predicted molar refractivity (Wildman–Crippen MR) is 137 cm³/mol. The molecule has 1 amide bonds. The molecule has 0 unspecified atom stereocenters. The van der Waals surface area contributed by atoms with Crippen LogP contribution < -0.4 is 5.32 Å². The molecule has 1 fully saturated rings. The summed E-state index contributed by atoms with van der Waals surface area (Å²) in [5, 5.41) is 4.02. The van der Waals surface area contributed by atoms with E-state index >= 15 is 0 Å². The number of carbonyl (C=O) groups excluding carboxylic acids is 1. The van der Waals surface area contributed by atoms with Crippen molar-refractivity contribution in [3.05, 3.63) is 96.3 Å². The first-order valence-corrected chi connectivity index (χ1v) is 12.1. The largest absolute Gasteiger partial charge is 0.351 e. The Labute approximate surface area is 200 Å². The van der Waals surface area contributed by atoms with E-state index in [0.29, 0.717) is 12.1 Å². The van der Waals surface area contributed by atoms with Gasteiger partial charge in [0.2, 0.25) is 0 Å². The van der Waals surface area contributed by atoms with Gasteiger partial charge in [-0.05, 0) is 68.1 Å². The third-order valence-corrected chi connectivity index (χ3v) is 6.72. The van der Waals surface area contributed by atoms with Crippen molar-refractivity contribution in [2.24, 2.45) is 5.92 Å². The van der Waals surface area contributed by atoms with Crippen LogP contribution in [0.4, 0.5) is 0 Å². The van der Waals surface area contributed by atoms with Crippen molar-refractivity contribution < 1.29 is 4.79 Å². The quantitative estimate of drug-likeness (QED) is 0.431. The number of carbonyl (C=O) groups is 1. The number of hydrogen-bond acceptors (Lipinski definition) is 4. The van der Waals surface area contributed by atoms with Crippen molar-refractivity contribution in [1.29, 1.82) is 0 Å². The molecule has 0 bridgehead atoms. The number of amides is 1. The molecule has 34 heavy (non-hydrogen) atoms. The highest BCUT2D eigenvalue weighted by Crippen LogP contribution is 2.25. The second-order valence-corrected chi connectivity index (χ2v) is 9.04. The number of benzene rings is 2. The number of nitrogens with zero attached hydrogens (tertiary/aromatic N) is 3. The first-order chi connectivity index (χ1) is 16.8. The molecule has 0 atom stereocenters. The molecule has 5 rings (SSSR count). The first-order valence-electron chi connectivity index (χ1n) is 12.1. The normalized spacial score (nSPS) is 14.8. The van der Waals surface area contributed by atoms with E-state index in [2.05, 4.69) is 45.5 Å². The lowest BCUT2D eigenvalue weighted by molar-refractivity contribution is 0.0945. The van der Waals surface area contributed by atoms with Crippen molar-refractivity contribution in [1.82, 2.24) is 20.2 Å². The molecule has 5 nitrogen and oxygen atoms in total. The van der Waals surface area contributed by atoms with E-state index in [4.69, 9.17) is 4.98 Å². The number of aromatic nitrogens is 2. The summed E-state index contributed by atoms with van der Waals surface area (Å²) in [6, 6.07) is 24.3. The van der Waals surface area contributed by atoms with Gasteiger partial charge in [-0.2, -0.15) is 0 Å². The zero-order chi connectivity index (χ0) is 23.2. The fourth-order valence-electron chi connectivity index (χ4n) is 4.82. The standard InChI is InChI=1S/C29H30N4O/c34-29(31-16-19-33-17-12-23(13-18-33)20-22-6-2-1-3-7-22)26-21-28(24-10-14-30-15-11-24)32-27-9-5-4-8-25(26)27/h1-11,14-15,21,23H,12-13,16-20H2,(H,31,34). The summed E-state index contributed by atoms with van der Waals surface area (Å²) in [5.74, 6) is 0.705. The summed E-state index contributed by atoms with van der Waals surface area (Å²) in [5.41, 5.74) is 4.66. The minimum absolute atomic E-state index is 0.0483. The molecule has 2 aromatic heterocycles. The van der Waals surface area contributed by atoms with Crippen LogP contribution in [0.15, 0.2) is 85.2 Å². The van der Waals surface area contributed by atoms with Crippen LogP contribution in [-0.4, -0.2) is 47.0 Å². The molecule has 1 aliphatic rings. The Balaban J connectivity index is 1.19. The Morgan fingerprint density at radius 1 is 0.941 bits per heavy atom. The van der Waals surface area contributed by atoms with Gasteiger partial charge in [0.05, 0.1) is 16.8 Å². The number of likely N-dealkylation sites (tertiary alicyclic amines) is 1. The maximum Gasteiger partial charge on any atom is 0.252 e. The summed E-state index contributed by atoms with van der Waals surface area (Å²) in [6.07, 6.45) is 7.09. The monoisotopic (exact) mass is 450 g/mol. The average Bonchev–Trinajstić information content (AvgIpc) is 2.90. The van der Waals surface area contributed by atoms with Crippen LogP contribution in [0.1, 0.15) is 28.8 Å². The van der Waals surface area contributed by atoms with Crippen molar-refractivity contribution in [2.75, 3.05) is 26.2 Å². The van der Waals surface area contributed by atoms with E-state index in [1.54, 1.807) is 12.4 Å². The highest BCUT2D eigenvalue weighted by molar-refractivity contribution is 6.07. The van der Waals surface area contributed by atoms with Crippen LogP contribution in [-0.2, 0) is 6.42 Å². The molecule has 2 aromatic carbocycles. The second-order valence-electron chi connectivity index (χ2n) is 9.04. The van der Waals surface area contributed by atoms with Crippen LogP contribution in [0.5, 0.6) is 0 Å². The zero-order valence-electron chi connectivity index (χ0n) is 19.4. The van der Waals surface area contributed by atoms with Crippen LogP contribution >= 0.6 is 0 Å². The van der Waals surface area contributed by atoms with Gasteiger partial charge in [0, 0.05) is 36.4 Å². The second kappa shape index (κ2) is 10.6. The van der Waals surface area contributed by atoms with E-state index in [9.17, 15) is 4.79 Å². The van der Waals surface area contributed by atoms with Crippen molar-refractivity contribution in [3.63, 3.8) is 0 Å². The summed E-state index contributed by atoms with van der Waals surface area (Å²) < 4.78 is 0. The molecule has 172 valence electrons. The number of para-hydroxylation sites is 1. The number of rotatable bonds is 7. The molecule has 0 saturated carbocycles. The Bertz CT molecular complexity index is 1230. The summed E-state index contributed by atoms with van der Waals surface area (Å²) in [6.45, 7) is 3.71. The van der Waals surface area contributed by atoms with Crippen LogP contribution in [0, 0.1) is 5.92 Å². The van der Waals surface area contributed by atoms with Crippen LogP contribution in [0.2, 0.25) is 0 Å². The van der Waals surface area contributed by atoms with Gasteiger partial charge in [-0.25, -0.2) is 4.98 Å². The minimum Gasteiger partial charge on any atom is -0.351 e. The molecule has 1 N–H and O–H groups in total. The van der Waals surface area contributed by atoms with Gasteiger partial charge in [-0.15, -0.1) is 0 Å². The van der Waals surface area contributed by atoms with Gasteiger partial charge in [0.15, 0.2) is 0 Å².